The van der Waals surface area contributed by atoms with Gasteiger partial charge in [0, 0.05) is 0 Å². The normalized spacial score (nSPS) is 11.5. The predicted molar refractivity (Wildman–Crippen MR) is 51.6 cm³/mol. The Morgan fingerprint density at radius 2 is 2.00 bits per heavy atom. The molecule has 0 amide bonds. The van der Waals surface area contributed by atoms with Crippen LogP contribution < -0.4 is 5.73 Å². The van der Waals surface area contributed by atoms with Gasteiger partial charge in [0.2, 0.25) is 0 Å². The summed E-state index contributed by atoms with van der Waals surface area (Å²) in [4.78, 5) is 0. The zero-order valence-electron chi connectivity index (χ0n) is 7.25. The lowest BCUT2D eigenvalue weighted by molar-refractivity contribution is 0.835. The molecule has 0 aliphatic carbocycles. The molecule has 1 aromatic carbocycles. The molecule has 0 saturated heterocycles. The summed E-state index contributed by atoms with van der Waals surface area (Å²) in [6.07, 6.45) is 0.835. The molecule has 0 bridgehead atoms. The van der Waals surface area contributed by atoms with E-state index in [2.05, 4.69) is 24.0 Å². The summed E-state index contributed by atoms with van der Waals surface area (Å²) < 4.78 is 0. The van der Waals surface area contributed by atoms with Crippen LogP contribution in [0.25, 0.3) is 0 Å². The van der Waals surface area contributed by atoms with Gasteiger partial charge in [-0.1, -0.05) is 36.3 Å². The molecule has 0 aromatic heterocycles. The minimum Gasteiger partial charge on any atom is -0.317 e. The average molecular weight is 159 g/mol. The van der Waals surface area contributed by atoms with E-state index in [-0.39, 0.29) is 6.04 Å². The zero-order chi connectivity index (χ0) is 8.81. The lowest BCUT2D eigenvalue weighted by atomic mass is 10.1. The molecular formula is C11H13N. The third kappa shape index (κ3) is 2.77. The summed E-state index contributed by atoms with van der Waals surface area (Å²) in [6.45, 7) is 1.81. The molecular weight excluding hydrogens is 146 g/mol. The maximum Gasteiger partial charge on any atom is 0.0705 e. The highest BCUT2D eigenvalue weighted by Crippen LogP contribution is 2.00. The maximum absolute atomic E-state index is 5.74. The van der Waals surface area contributed by atoms with Crippen LogP contribution in [0.1, 0.15) is 12.5 Å². The highest BCUT2D eigenvalue weighted by Gasteiger charge is 1.97. The first-order valence-corrected chi connectivity index (χ1v) is 4.04. The Balaban J connectivity index is 2.56. The highest BCUT2D eigenvalue weighted by molar-refractivity contribution is 5.19. The van der Waals surface area contributed by atoms with Gasteiger partial charge in [-0.2, -0.15) is 0 Å². The third-order valence-corrected chi connectivity index (χ3v) is 1.63. The zero-order valence-corrected chi connectivity index (χ0v) is 7.25. The van der Waals surface area contributed by atoms with Gasteiger partial charge in [0.05, 0.1) is 6.04 Å². The van der Waals surface area contributed by atoms with E-state index < -0.39 is 0 Å². The Morgan fingerprint density at radius 1 is 1.33 bits per heavy atom. The van der Waals surface area contributed by atoms with Crippen molar-refractivity contribution >= 4 is 0 Å². The van der Waals surface area contributed by atoms with Gasteiger partial charge in [0.15, 0.2) is 0 Å². The van der Waals surface area contributed by atoms with Crippen molar-refractivity contribution in [1.29, 1.82) is 0 Å². The van der Waals surface area contributed by atoms with Crippen molar-refractivity contribution in [1.82, 2.24) is 0 Å². The van der Waals surface area contributed by atoms with Crippen LogP contribution in [-0.4, -0.2) is 6.04 Å². The fraction of sp³-hybridized carbons (Fsp3) is 0.273. The summed E-state index contributed by atoms with van der Waals surface area (Å²) in [6, 6.07) is 10.1. The molecule has 0 saturated carbocycles. The van der Waals surface area contributed by atoms with Crippen LogP contribution in [0, 0.1) is 11.8 Å². The molecule has 12 heavy (non-hydrogen) atoms. The Bertz CT molecular complexity index is 279. The van der Waals surface area contributed by atoms with E-state index in [1.807, 2.05) is 25.1 Å². The third-order valence-electron chi connectivity index (χ3n) is 1.63. The molecule has 0 aliphatic rings. The Labute approximate surface area is 73.6 Å². The average Bonchev–Trinajstić information content (AvgIpc) is 2.06. The summed E-state index contributed by atoms with van der Waals surface area (Å²) in [7, 11) is 0. The lowest BCUT2D eigenvalue weighted by Crippen LogP contribution is -2.20. The van der Waals surface area contributed by atoms with Crippen molar-refractivity contribution in [2.45, 2.75) is 19.4 Å². The molecule has 62 valence electrons. The molecule has 1 aromatic rings. The standard InChI is InChI=1S/C11H13N/c1-2-6-11(12)9-10-7-4-3-5-8-10/h3-5,7-8,11H,9,12H2,1H3. The molecule has 0 radical (unpaired) electrons. The summed E-state index contributed by atoms with van der Waals surface area (Å²) in [5.41, 5.74) is 6.99. The molecule has 1 atom stereocenters. The molecule has 2 N–H and O–H groups in total. The molecule has 0 spiro atoms. The van der Waals surface area contributed by atoms with Crippen LogP contribution in [0.5, 0.6) is 0 Å². The van der Waals surface area contributed by atoms with E-state index in [1.54, 1.807) is 0 Å². The van der Waals surface area contributed by atoms with Crippen molar-refractivity contribution in [2.24, 2.45) is 5.73 Å². The predicted octanol–water partition coefficient (Wildman–Crippen LogP) is 1.58. The van der Waals surface area contributed by atoms with E-state index in [1.165, 1.54) is 5.56 Å². The molecule has 0 fully saturated rings. The minimum atomic E-state index is -0.0302. The van der Waals surface area contributed by atoms with Crippen molar-refractivity contribution in [3.8, 4) is 11.8 Å². The summed E-state index contributed by atoms with van der Waals surface area (Å²) in [5, 5.41) is 0. The first-order valence-electron chi connectivity index (χ1n) is 4.04. The molecule has 1 heteroatoms. The number of rotatable bonds is 2. The van der Waals surface area contributed by atoms with Crippen molar-refractivity contribution in [2.75, 3.05) is 0 Å². The highest BCUT2D eigenvalue weighted by atomic mass is 14.6. The Hall–Kier alpha value is -1.26. The molecule has 0 heterocycles. The number of nitrogens with two attached hydrogens (primary N) is 1. The van der Waals surface area contributed by atoms with Gasteiger partial charge < -0.3 is 5.73 Å². The van der Waals surface area contributed by atoms with Crippen LogP contribution in [-0.2, 0) is 6.42 Å². The minimum absolute atomic E-state index is 0.0302. The second kappa shape index (κ2) is 4.58. The van der Waals surface area contributed by atoms with Gasteiger partial charge in [0.25, 0.3) is 0 Å². The first-order chi connectivity index (χ1) is 5.83. The number of benzene rings is 1. The number of hydrogen-bond donors (Lipinski definition) is 1. The maximum atomic E-state index is 5.74. The van der Waals surface area contributed by atoms with Crippen LogP contribution >= 0.6 is 0 Å². The van der Waals surface area contributed by atoms with E-state index >= 15 is 0 Å². The van der Waals surface area contributed by atoms with Gasteiger partial charge in [0.1, 0.15) is 0 Å². The van der Waals surface area contributed by atoms with Gasteiger partial charge in [-0.3, -0.25) is 0 Å². The smallest absolute Gasteiger partial charge is 0.0705 e. The SMILES string of the molecule is CC#CC(N)Cc1ccccc1. The van der Waals surface area contributed by atoms with Crippen molar-refractivity contribution in [3.05, 3.63) is 35.9 Å². The molecule has 1 unspecified atom stereocenters. The lowest BCUT2D eigenvalue weighted by Gasteiger charge is -2.02. The quantitative estimate of drug-likeness (QED) is 0.651. The van der Waals surface area contributed by atoms with Gasteiger partial charge in [-0.15, -0.1) is 5.92 Å². The molecule has 1 rings (SSSR count). The summed E-state index contributed by atoms with van der Waals surface area (Å²) >= 11 is 0. The monoisotopic (exact) mass is 159 g/mol. The second-order valence-electron chi connectivity index (χ2n) is 2.69. The van der Waals surface area contributed by atoms with Crippen LogP contribution in [0.4, 0.5) is 0 Å². The Morgan fingerprint density at radius 3 is 2.58 bits per heavy atom. The van der Waals surface area contributed by atoms with E-state index in [0.29, 0.717) is 0 Å². The fourth-order valence-electron chi connectivity index (χ4n) is 1.10. The second-order valence-corrected chi connectivity index (χ2v) is 2.69. The van der Waals surface area contributed by atoms with Gasteiger partial charge in [-0.05, 0) is 18.9 Å². The van der Waals surface area contributed by atoms with Gasteiger partial charge in [-0.25, -0.2) is 0 Å². The van der Waals surface area contributed by atoms with Crippen LogP contribution in [0.3, 0.4) is 0 Å². The molecule has 1 nitrogen and oxygen atoms in total. The van der Waals surface area contributed by atoms with Crippen molar-refractivity contribution < 1.29 is 0 Å². The number of hydrogen-bond acceptors (Lipinski definition) is 1. The van der Waals surface area contributed by atoms with Crippen LogP contribution in [0.15, 0.2) is 30.3 Å². The topological polar surface area (TPSA) is 26.0 Å². The van der Waals surface area contributed by atoms with E-state index in [0.717, 1.165) is 6.42 Å². The van der Waals surface area contributed by atoms with Crippen molar-refractivity contribution in [3.63, 3.8) is 0 Å². The van der Waals surface area contributed by atoms with E-state index in [9.17, 15) is 0 Å². The largest absolute Gasteiger partial charge is 0.317 e. The van der Waals surface area contributed by atoms with Crippen LogP contribution in [0.2, 0.25) is 0 Å². The summed E-state index contributed by atoms with van der Waals surface area (Å²) in [5.74, 6) is 5.73. The first kappa shape index (κ1) is 8.83. The molecule has 0 aliphatic heterocycles. The van der Waals surface area contributed by atoms with E-state index in [4.69, 9.17) is 5.73 Å². The van der Waals surface area contributed by atoms with Gasteiger partial charge >= 0.3 is 0 Å². The Kier molecular flexibility index (Phi) is 3.37. The fourth-order valence-corrected chi connectivity index (χ4v) is 1.10.